The number of aromatic carboxylic acids is 2. The van der Waals surface area contributed by atoms with Gasteiger partial charge in [0, 0.05) is 0 Å². The zero-order valence-electron chi connectivity index (χ0n) is 7.67. The Morgan fingerprint density at radius 1 is 0.812 bits per heavy atom. The van der Waals surface area contributed by atoms with Crippen LogP contribution in [0.25, 0.3) is 0 Å². The number of hydrogen-bond acceptors (Lipinski definition) is 7. The van der Waals surface area contributed by atoms with E-state index in [1.165, 1.54) is 18.2 Å². The number of carbonyl (C=O) groups excluding carboxylic acids is 3. The Labute approximate surface area is 89.2 Å². The van der Waals surface area contributed by atoms with Gasteiger partial charge in [0.05, 0.1) is 11.9 Å². The summed E-state index contributed by atoms with van der Waals surface area (Å²) in [5.74, 6) is -2.81. The monoisotopic (exact) mass is 224 g/mol. The van der Waals surface area contributed by atoms with Crippen molar-refractivity contribution in [2.75, 3.05) is 0 Å². The summed E-state index contributed by atoms with van der Waals surface area (Å²) < 4.78 is 0. The van der Waals surface area contributed by atoms with E-state index in [0.29, 0.717) is 0 Å². The Hall–Kier alpha value is -2.57. The van der Waals surface area contributed by atoms with Crippen LogP contribution in [-0.4, -0.2) is 18.1 Å². The van der Waals surface area contributed by atoms with Crippen LogP contribution in [0.2, 0.25) is 0 Å². The smallest absolute Gasteiger partial charge is 0.0715 e. The summed E-state index contributed by atoms with van der Waals surface area (Å²) in [5.41, 5.74) is -0.339. The summed E-state index contributed by atoms with van der Waals surface area (Å²) in [6.07, 6.45) is -2.33. The second-order valence-electron chi connectivity index (χ2n) is 2.41. The molecule has 1 aromatic carbocycles. The highest BCUT2D eigenvalue weighted by molar-refractivity contribution is 5.91. The predicted molar refractivity (Wildman–Crippen MR) is 40.5 cm³/mol. The Balaban J connectivity index is 0.000000487. The Bertz CT molecular complexity index is 377. The molecule has 0 fully saturated rings. The highest BCUT2D eigenvalue weighted by Crippen LogP contribution is 2.02. The highest BCUT2D eigenvalue weighted by Gasteiger charge is 1.96. The van der Waals surface area contributed by atoms with Crippen molar-refractivity contribution < 1.29 is 34.8 Å². The number of carbonyl (C=O) groups is 3. The normalized spacial score (nSPS) is 8.50. The van der Waals surface area contributed by atoms with Gasteiger partial charge in [-0.1, -0.05) is 18.2 Å². The van der Waals surface area contributed by atoms with Crippen LogP contribution in [0.5, 0.6) is 0 Å². The zero-order chi connectivity index (χ0) is 12.7. The summed E-state index contributed by atoms with van der Waals surface area (Å²) in [5, 5.41) is 37.2. The minimum atomic E-state index is -2.33. The van der Waals surface area contributed by atoms with Crippen LogP contribution in [-0.2, 0) is 0 Å². The first-order valence-corrected chi connectivity index (χ1v) is 3.75. The minimum Gasteiger partial charge on any atom is -0.652 e. The van der Waals surface area contributed by atoms with Gasteiger partial charge in [0.25, 0.3) is 0 Å². The molecule has 7 heteroatoms. The lowest BCUT2D eigenvalue weighted by Gasteiger charge is -2.05. The lowest BCUT2D eigenvalue weighted by Crippen LogP contribution is -2.37. The van der Waals surface area contributed by atoms with E-state index in [-0.39, 0.29) is 11.1 Å². The van der Waals surface area contributed by atoms with E-state index in [1.54, 1.807) is 0 Å². The minimum absolute atomic E-state index is 0.170. The number of carboxylic acids is 2. The van der Waals surface area contributed by atoms with Gasteiger partial charge in [-0.3, -0.25) is 0 Å². The molecule has 0 saturated carbocycles. The molecular weight excluding hydrogens is 220 g/mol. The molecule has 0 atom stereocenters. The first-order valence-electron chi connectivity index (χ1n) is 3.75. The van der Waals surface area contributed by atoms with E-state index in [4.69, 9.17) is 15.0 Å². The fraction of sp³-hybridized carbons (Fsp3) is 0. The van der Waals surface area contributed by atoms with Gasteiger partial charge in [-0.2, -0.15) is 0 Å². The van der Waals surface area contributed by atoms with Crippen LogP contribution in [0.1, 0.15) is 20.7 Å². The van der Waals surface area contributed by atoms with Crippen molar-refractivity contribution >= 4 is 18.1 Å². The molecular formula is C9H4O7-4. The fourth-order valence-corrected chi connectivity index (χ4v) is 0.773. The summed E-state index contributed by atoms with van der Waals surface area (Å²) in [4.78, 5) is 28.8. The lowest BCUT2D eigenvalue weighted by molar-refractivity contribution is -0.415. The molecule has 1 rings (SSSR count). The maximum Gasteiger partial charge on any atom is 0.0715 e. The molecule has 0 amide bonds. The van der Waals surface area contributed by atoms with E-state index in [0.717, 1.165) is 6.07 Å². The van der Waals surface area contributed by atoms with Crippen LogP contribution < -0.4 is 20.4 Å². The second kappa shape index (κ2) is 6.02. The van der Waals surface area contributed by atoms with E-state index in [1.807, 2.05) is 0 Å². The average molecular weight is 224 g/mol. The van der Waals surface area contributed by atoms with Crippen LogP contribution in [0.3, 0.4) is 0 Å². The first kappa shape index (κ1) is 13.4. The van der Waals surface area contributed by atoms with Gasteiger partial charge in [-0.25, -0.2) is 0 Å². The molecule has 0 aliphatic heterocycles. The van der Waals surface area contributed by atoms with Crippen molar-refractivity contribution in [3.05, 3.63) is 35.4 Å². The van der Waals surface area contributed by atoms with Crippen LogP contribution in [0, 0.1) is 0 Å². The van der Waals surface area contributed by atoms with Gasteiger partial charge in [-0.05, 0) is 23.3 Å². The van der Waals surface area contributed by atoms with Crippen LogP contribution >= 0.6 is 0 Å². The largest absolute Gasteiger partial charge is 0.652 e. The quantitative estimate of drug-likeness (QED) is 0.497. The highest BCUT2D eigenvalue weighted by atomic mass is 16.6. The third kappa shape index (κ3) is 5.22. The van der Waals surface area contributed by atoms with Crippen molar-refractivity contribution in [1.29, 1.82) is 0 Å². The summed E-state index contributed by atoms with van der Waals surface area (Å²) in [6, 6.07) is 4.81. The first-order chi connectivity index (χ1) is 7.34. The van der Waals surface area contributed by atoms with E-state index in [9.17, 15) is 19.8 Å². The summed E-state index contributed by atoms with van der Waals surface area (Å²) in [6.45, 7) is 0. The van der Waals surface area contributed by atoms with E-state index >= 15 is 0 Å². The molecule has 0 heterocycles. The SMILES string of the molecule is O=C([O-])[O-].O=C([O-])c1cccc(C(=O)[O-])c1. The number of benzene rings is 1. The molecule has 0 radical (unpaired) electrons. The Kier molecular flexibility index (Phi) is 5.05. The average Bonchev–Trinajstić information content (AvgIpc) is 2.17. The molecule has 1 aromatic rings. The number of carboxylic acid groups (broad SMARTS) is 4. The van der Waals surface area contributed by atoms with Crippen molar-refractivity contribution in [2.24, 2.45) is 0 Å². The molecule has 0 saturated heterocycles. The number of rotatable bonds is 2. The topological polar surface area (TPSA) is 143 Å². The summed E-state index contributed by atoms with van der Waals surface area (Å²) in [7, 11) is 0. The molecule has 0 aliphatic carbocycles. The Morgan fingerprint density at radius 3 is 1.38 bits per heavy atom. The van der Waals surface area contributed by atoms with Crippen molar-refractivity contribution in [3.63, 3.8) is 0 Å². The van der Waals surface area contributed by atoms with Gasteiger partial charge < -0.3 is 34.8 Å². The summed E-state index contributed by atoms with van der Waals surface area (Å²) >= 11 is 0. The van der Waals surface area contributed by atoms with Crippen molar-refractivity contribution in [3.8, 4) is 0 Å². The standard InChI is InChI=1S/C8H6O4.CH2O3/c9-7(10)5-2-1-3-6(4-5)8(11)12;2-1(3)4/h1-4H,(H,9,10)(H,11,12);(H2,2,3,4)/p-4. The van der Waals surface area contributed by atoms with Gasteiger partial charge >= 0.3 is 0 Å². The van der Waals surface area contributed by atoms with Crippen LogP contribution in [0.15, 0.2) is 24.3 Å². The maximum absolute atomic E-state index is 10.3. The molecule has 7 nitrogen and oxygen atoms in total. The van der Waals surface area contributed by atoms with Crippen molar-refractivity contribution in [1.82, 2.24) is 0 Å². The molecule has 86 valence electrons. The maximum atomic E-state index is 10.3. The molecule has 0 aliphatic rings. The molecule has 0 spiro atoms. The van der Waals surface area contributed by atoms with Gasteiger partial charge in [-0.15, -0.1) is 0 Å². The van der Waals surface area contributed by atoms with Gasteiger partial charge in [0.2, 0.25) is 0 Å². The molecule has 0 aromatic heterocycles. The molecule has 0 bridgehead atoms. The second-order valence-corrected chi connectivity index (χ2v) is 2.41. The molecule has 0 N–H and O–H groups in total. The van der Waals surface area contributed by atoms with Gasteiger partial charge in [0.15, 0.2) is 0 Å². The third-order valence-electron chi connectivity index (χ3n) is 1.33. The van der Waals surface area contributed by atoms with E-state index < -0.39 is 18.1 Å². The zero-order valence-corrected chi connectivity index (χ0v) is 7.67. The van der Waals surface area contributed by atoms with Gasteiger partial charge in [0.1, 0.15) is 0 Å². The molecule has 16 heavy (non-hydrogen) atoms. The van der Waals surface area contributed by atoms with Crippen LogP contribution in [0.4, 0.5) is 4.79 Å². The van der Waals surface area contributed by atoms with E-state index in [2.05, 4.69) is 0 Å². The third-order valence-corrected chi connectivity index (χ3v) is 1.33. The fourth-order valence-electron chi connectivity index (χ4n) is 0.773. The Morgan fingerprint density at radius 2 is 1.12 bits per heavy atom. The van der Waals surface area contributed by atoms with Crippen molar-refractivity contribution in [2.45, 2.75) is 0 Å². The predicted octanol–water partition coefficient (Wildman–Crippen LogP) is -4.03. The number of hydrogen-bond donors (Lipinski definition) is 0. The molecule has 0 unspecified atom stereocenters. The lowest BCUT2D eigenvalue weighted by atomic mass is 10.1.